The second kappa shape index (κ2) is 8.77. The van der Waals surface area contributed by atoms with Gasteiger partial charge in [0.25, 0.3) is 0 Å². The summed E-state index contributed by atoms with van der Waals surface area (Å²) in [6.07, 6.45) is 1.07. The van der Waals surface area contributed by atoms with Gasteiger partial charge < -0.3 is 9.47 Å². The van der Waals surface area contributed by atoms with Crippen molar-refractivity contribution in [2.24, 2.45) is 0 Å². The molecule has 0 bridgehead atoms. The molecular formula is C13H19NO4S. The van der Waals surface area contributed by atoms with E-state index in [9.17, 15) is 9.59 Å². The first-order chi connectivity index (χ1) is 9.13. The number of rotatable bonds is 9. The number of aromatic nitrogens is 1. The van der Waals surface area contributed by atoms with Crippen molar-refractivity contribution < 1.29 is 19.1 Å². The molecule has 0 radical (unpaired) electrons. The molecular weight excluding hydrogens is 266 g/mol. The molecule has 0 aromatic carbocycles. The normalized spacial score (nSPS) is 10.4. The summed E-state index contributed by atoms with van der Waals surface area (Å²) in [6, 6.07) is 0. The monoisotopic (exact) mass is 285 g/mol. The zero-order valence-corrected chi connectivity index (χ0v) is 12.1. The van der Waals surface area contributed by atoms with Crippen molar-refractivity contribution in [3.8, 4) is 0 Å². The van der Waals surface area contributed by atoms with Crippen LogP contribution in [0.15, 0.2) is 5.51 Å². The fourth-order valence-electron chi connectivity index (χ4n) is 1.46. The Balaban J connectivity index is 2.07. The molecule has 5 nitrogen and oxygen atoms in total. The fraction of sp³-hybridized carbons (Fsp3) is 0.615. The molecule has 0 aliphatic rings. The number of hydrogen-bond acceptors (Lipinski definition) is 6. The Morgan fingerprint density at radius 3 is 2.79 bits per heavy atom. The van der Waals surface area contributed by atoms with Crippen molar-refractivity contribution in [1.82, 2.24) is 4.98 Å². The standard InChI is InChI=1S/C13H19NO4S/c1-3-18-13(16)5-4-11(15)8-17-7-6-12-10(2)14-9-19-12/h9H,3-8H2,1-2H3. The Bertz CT molecular complexity index is 417. The highest BCUT2D eigenvalue weighted by molar-refractivity contribution is 7.09. The van der Waals surface area contributed by atoms with Crippen LogP contribution in [0, 0.1) is 6.92 Å². The van der Waals surface area contributed by atoms with E-state index in [2.05, 4.69) is 4.98 Å². The molecule has 6 heteroatoms. The minimum absolute atomic E-state index is 0.0528. The van der Waals surface area contributed by atoms with Gasteiger partial charge in [0.1, 0.15) is 6.61 Å². The van der Waals surface area contributed by atoms with Gasteiger partial charge in [0.15, 0.2) is 5.78 Å². The van der Waals surface area contributed by atoms with E-state index in [1.54, 1.807) is 23.8 Å². The minimum Gasteiger partial charge on any atom is -0.466 e. The van der Waals surface area contributed by atoms with Gasteiger partial charge in [0.05, 0.1) is 30.8 Å². The molecule has 0 aliphatic heterocycles. The zero-order chi connectivity index (χ0) is 14.1. The average molecular weight is 285 g/mol. The van der Waals surface area contributed by atoms with Crippen LogP contribution in [0.5, 0.6) is 0 Å². The fourth-order valence-corrected chi connectivity index (χ4v) is 2.23. The molecule has 0 aliphatic carbocycles. The molecule has 0 atom stereocenters. The molecule has 0 spiro atoms. The van der Waals surface area contributed by atoms with Crippen molar-refractivity contribution in [1.29, 1.82) is 0 Å². The first kappa shape index (κ1) is 15.8. The smallest absolute Gasteiger partial charge is 0.306 e. The van der Waals surface area contributed by atoms with Crippen LogP contribution < -0.4 is 0 Å². The number of carbonyl (C=O) groups excluding carboxylic acids is 2. The molecule has 1 aromatic rings. The maximum absolute atomic E-state index is 11.4. The van der Waals surface area contributed by atoms with Gasteiger partial charge in [0.2, 0.25) is 0 Å². The SMILES string of the molecule is CCOC(=O)CCC(=O)COCCc1scnc1C. The van der Waals surface area contributed by atoms with Crippen molar-refractivity contribution in [2.75, 3.05) is 19.8 Å². The quantitative estimate of drug-likeness (QED) is 0.512. The van der Waals surface area contributed by atoms with Crippen molar-refractivity contribution in [3.05, 3.63) is 16.1 Å². The number of nitrogens with zero attached hydrogens (tertiary/aromatic N) is 1. The Morgan fingerprint density at radius 2 is 2.16 bits per heavy atom. The summed E-state index contributed by atoms with van der Waals surface area (Å²) < 4.78 is 10.0. The van der Waals surface area contributed by atoms with Crippen LogP contribution in [0.25, 0.3) is 0 Å². The number of ether oxygens (including phenoxy) is 2. The van der Waals surface area contributed by atoms with Gasteiger partial charge in [-0.25, -0.2) is 4.98 Å². The second-order valence-electron chi connectivity index (χ2n) is 4.01. The van der Waals surface area contributed by atoms with Gasteiger partial charge in [0, 0.05) is 17.7 Å². The molecule has 0 fully saturated rings. The molecule has 1 aromatic heterocycles. The van der Waals surface area contributed by atoms with E-state index in [0.29, 0.717) is 13.2 Å². The van der Waals surface area contributed by atoms with Gasteiger partial charge >= 0.3 is 5.97 Å². The molecule has 1 heterocycles. The molecule has 106 valence electrons. The van der Waals surface area contributed by atoms with E-state index in [1.807, 2.05) is 6.92 Å². The van der Waals surface area contributed by atoms with E-state index in [4.69, 9.17) is 9.47 Å². The zero-order valence-electron chi connectivity index (χ0n) is 11.3. The van der Waals surface area contributed by atoms with Crippen LogP contribution in [-0.4, -0.2) is 36.6 Å². The van der Waals surface area contributed by atoms with Gasteiger partial charge in [-0.15, -0.1) is 11.3 Å². The van der Waals surface area contributed by atoms with Crippen molar-refractivity contribution in [2.45, 2.75) is 33.1 Å². The van der Waals surface area contributed by atoms with Gasteiger partial charge in [-0.1, -0.05) is 0 Å². The highest BCUT2D eigenvalue weighted by Crippen LogP contribution is 2.12. The van der Waals surface area contributed by atoms with Crippen LogP contribution >= 0.6 is 11.3 Å². The third kappa shape index (κ3) is 6.45. The van der Waals surface area contributed by atoms with Crippen molar-refractivity contribution in [3.63, 3.8) is 0 Å². The summed E-state index contributed by atoms with van der Waals surface area (Å²) in [4.78, 5) is 27.8. The highest BCUT2D eigenvalue weighted by Gasteiger charge is 2.08. The summed E-state index contributed by atoms with van der Waals surface area (Å²) in [5.41, 5.74) is 2.82. The number of Topliss-reactive ketones (excluding diaryl/α,β-unsaturated/α-hetero) is 1. The molecule has 0 saturated heterocycles. The first-order valence-electron chi connectivity index (χ1n) is 6.27. The average Bonchev–Trinajstić information content (AvgIpc) is 2.78. The minimum atomic E-state index is -0.337. The Morgan fingerprint density at radius 1 is 1.37 bits per heavy atom. The third-order valence-electron chi connectivity index (χ3n) is 2.49. The van der Waals surface area contributed by atoms with E-state index in [-0.39, 0.29) is 31.2 Å². The summed E-state index contributed by atoms with van der Waals surface area (Å²) in [7, 11) is 0. The summed E-state index contributed by atoms with van der Waals surface area (Å²) in [5.74, 6) is -0.412. The molecule has 1 rings (SSSR count). The summed E-state index contributed by atoms with van der Waals surface area (Å²) in [6.45, 7) is 4.59. The molecule has 0 amide bonds. The Kier molecular flexibility index (Phi) is 7.28. The maximum Gasteiger partial charge on any atom is 0.306 e. The highest BCUT2D eigenvalue weighted by atomic mass is 32.1. The topological polar surface area (TPSA) is 65.5 Å². The van der Waals surface area contributed by atoms with Gasteiger partial charge in [-0.05, 0) is 13.8 Å². The summed E-state index contributed by atoms with van der Waals surface area (Å²) in [5, 5.41) is 0. The largest absolute Gasteiger partial charge is 0.466 e. The van der Waals surface area contributed by atoms with Crippen LogP contribution in [0.2, 0.25) is 0 Å². The molecule has 19 heavy (non-hydrogen) atoms. The van der Waals surface area contributed by atoms with E-state index >= 15 is 0 Å². The Hall–Kier alpha value is -1.27. The number of thiazole rings is 1. The van der Waals surface area contributed by atoms with Gasteiger partial charge in [-0.3, -0.25) is 9.59 Å². The predicted molar refractivity (Wildman–Crippen MR) is 72.2 cm³/mol. The van der Waals surface area contributed by atoms with Crippen LogP contribution in [0.1, 0.15) is 30.3 Å². The van der Waals surface area contributed by atoms with Crippen LogP contribution in [0.4, 0.5) is 0 Å². The number of esters is 1. The molecule has 0 N–H and O–H groups in total. The third-order valence-corrected chi connectivity index (χ3v) is 3.49. The van der Waals surface area contributed by atoms with Crippen molar-refractivity contribution >= 4 is 23.1 Å². The number of aryl methyl sites for hydroxylation is 1. The van der Waals surface area contributed by atoms with Crippen LogP contribution in [0.3, 0.4) is 0 Å². The predicted octanol–water partition coefficient (Wildman–Crippen LogP) is 1.92. The van der Waals surface area contributed by atoms with E-state index < -0.39 is 0 Å². The maximum atomic E-state index is 11.4. The lowest BCUT2D eigenvalue weighted by molar-refractivity contribution is -0.144. The number of carbonyl (C=O) groups is 2. The lowest BCUT2D eigenvalue weighted by Gasteiger charge is -2.03. The van der Waals surface area contributed by atoms with E-state index in [0.717, 1.165) is 12.1 Å². The lowest BCUT2D eigenvalue weighted by Crippen LogP contribution is -2.13. The Labute approximate surface area is 116 Å². The summed E-state index contributed by atoms with van der Waals surface area (Å²) >= 11 is 1.59. The number of ketones is 1. The van der Waals surface area contributed by atoms with Gasteiger partial charge in [-0.2, -0.15) is 0 Å². The van der Waals surface area contributed by atoms with Crippen LogP contribution in [-0.2, 0) is 25.5 Å². The molecule has 0 unspecified atom stereocenters. The lowest BCUT2D eigenvalue weighted by atomic mass is 10.2. The second-order valence-corrected chi connectivity index (χ2v) is 4.95. The number of hydrogen-bond donors (Lipinski definition) is 0. The first-order valence-corrected chi connectivity index (χ1v) is 7.15. The molecule has 0 saturated carbocycles. The van der Waals surface area contributed by atoms with E-state index in [1.165, 1.54) is 4.88 Å².